The van der Waals surface area contributed by atoms with E-state index in [9.17, 15) is 28.8 Å². The molecule has 1 aromatic heterocycles. The number of carboxylic acids is 2. The summed E-state index contributed by atoms with van der Waals surface area (Å²) in [5.41, 5.74) is -1.14. The van der Waals surface area contributed by atoms with E-state index in [0.29, 0.717) is 9.80 Å². The molecule has 0 atom stereocenters. The maximum Gasteiger partial charge on any atom is 0.335 e. The van der Waals surface area contributed by atoms with Gasteiger partial charge in [0.1, 0.15) is 0 Å². The zero-order chi connectivity index (χ0) is 23.6. The number of anilines is 2. The normalized spacial score (nSPS) is 14.7. The van der Waals surface area contributed by atoms with Gasteiger partial charge in [-0.2, -0.15) is 0 Å². The first-order valence-electron chi connectivity index (χ1n) is 9.05. The molecule has 4 amide bonds. The summed E-state index contributed by atoms with van der Waals surface area (Å²) in [6.07, 6.45) is 0. The van der Waals surface area contributed by atoms with Gasteiger partial charge in [-0.25, -0.2) is 24.0 Å². The van der Waals surface area contributed by atoms with E-state index in [-0.39, 0.29) is 33.4 Å². The molecule has 0 unspecified atom stereocenters. The number of carbonyl (C=O) groups excluding carboxylic acids is 4. The standard InChI is InChI=1S/C20H8N4O9/c25-15-9-3-1-7(19(29)30)5-11(9)17(27)23(15)13-14(22-33-21-13)24-16(26)10-4-2-8(20(31)32)6-12(10)18(24)28/h1-6H,(H,29,30)(H,31,32). The minimum absolute atomic E-state index is 0.118. The number of carboxylic acid groups (broad SMARTS) is 2. The Bertz CT molecular complexity index is 1360. The van der Waals surface area contributed by atoms with Gasteiger partial charge in [0.25, 0.3) is 23.6 Å². The predicted octanol–water partition coefficient (Wildman–Crippen LogP) is 1.07. The van der Waals surface area contributed by atoms with Crippen molar-refractivity contribution in [1.82, 2.24) is 10.3 Å². The van der Waals surface area contributed by atoms with Gasteiger partial charge in [0.05, 0.1) is 33.4 Å². The highest BCUT2D eigenvalue weighted by atomic mass is 16.6. The maximum absolute atomic E-state index is 12.9. The summed E-state index contributed by atoms with van der Waals surface area (Å²) in [7, 11) is 0. The van der Waals surface area contributed by atoms with Crippen molar-refractivity contribution in [2.75, 3.05) is 9.80 Å². The largest absolute Gasteiger partial charge is 0.478 e. The average molecular weight is 448 g/mol. The van der Waals surface area contributed by atoms with E-state index in [1.165, 1.54) is 0 Å². The molecule has 0 saturated heterocycles. The number of aromatic carboxylic acids is 2. The third kappa shape index (κ3) is 2.65. The third-order valence-electron chi connectivity index (χ3n) is 5.15. The molecule has 5 rings (SSSR count). The number of fused-ring (bicyclic) bond motifs is 2. The summed E-state index contributed by atoms with van der Waals surface area (Å²) in [4.78, 5) is 74.9. The van der Waals surface area contributed by atoms with Crippen LogP contribution < -0.4 is 9.80 Å². The molecule has 2 aliphatic heterocycles. The van der Waals surface area contributed by atoms with Gasteiger partial charge in [-0.05, 0) is 46.7 Å². The SMILES string of the molecule is O=C(O)c1ccc2c(c1)C(=O)N(c1nonc1N1C(=O)c3ccc(C(=O)O)cc3C1=O)C2=O. The number of imide groups is 2. The number of aromatic nitrogens is 2. The highest BCUT2D eigenvalue weighted by Gasteiger charge is 2.46. The Labute approximate surface area is 181 Å². The lowest BCUT2D eigenvalue weighted by molar-refractivity contribution is 0.0686. The summed E-state index contributed by atoms with van der Waals surface area (Å²) in [5, 5.41) is 25.3. The number of rotatable bonds is 4. The van der Waals surface area contributed by atoms with Crippen LogP contribution in [-0.4, -0.2) is 56.1 Å². The van der Waals surface area contributed by atoms with E-state index in [0.717, 1.165) is 36.4 Å². The Morgan fingerprint density at radius 2 is 1.00 bits per heavy atom. The van der Waals surface area contributed by atoms with E-state index in [4.69, 9.17) is 10.2 Å². The molecule has 13 heteroatoms. The first kappa shape index (κ1) is 19.7. The zero-order valence-electron chi connectivity index (χ0n) is 16.0. The summed E-state index contributed by atoms with van der Waals surface area (Å²) in [6.45, 7) is 0. The molecule has 2 aromatic carbocycles. The molecule has 0 radical (unpaired) electrons. The van der Waals surface area contributed by atoms with E-state index in [1.807, 2.05) is 0 Å². The minimum Gasteiger partial charge on any atom is -0.478 e. The van der Waals surface area contributed by atoms with Gasteiger partial charge in [0, 0.05) is 0 Å². The van der Waals surface area contributed by atoms with Crippen molar-refractivity contribution in [3.05, 3.63) is 69.8 Å². The van der Waals surface area contributed by atoms with Gasteiger partial charge in [0.2, 0.25) is 11.6 Å². The number of hydrogen-bond donors (Lipinski definition) is 2. The van der Waals surface area contributed by atoms with Gasteiger partial charge in [0.15, 0.2) is 0 Å². The monoisotopic (exact) mass is 448 g/mol. The molecule has 2 aliphatic rings. The number of carbonyl (C=O) groups is 6. The van der Waals surface area contributed by atoms with Crippen molar-refractivity contribution < 1.29 is 43.6 Å². The van der Waals surface area contributed by atoms with Crippen LogP contribution in [0.4, 0.5) is 11.6 Å². The van der Waals surface area contributed by atoms with Crippen LogP contribution in [0.1, 0.15) is 62.1 Å². The molecule has 0 spiro atoms. The summed E-state index contributed by atoms with van der Waals surface area (Å²) in [5.74, 6) is -7.46. The molecule has 3 heterocycles. The molecule has 13 nitrogen and oxygen atoms in total. The van der Waals surface area contributed by atoms with Crippen LogP contribution in [0.15, 0.2) is 41.0 Å². The first-order chi connectivity index (χ1) is 15.7. The molecule has 0 bridgehead atoms. The fourth-order valence-corrected chi connectivity index (χ4v) is 3.59. The lowest BCUT2D eigenvalue weighted by atomic mass is 10.1. The van der Waals surface area contributed by atoms with Crippen LogP contribution >= 0.6 is 0 Å². The molecule has 162 valence electrons. The van der Waals surface area contributed by atoms with E-state index in [2.05, 4.69) is 14.9 Å². The average Bonchev–Trinajstić information content (AvgIpc) is 3.42. The Hall–Kier alpha value is -5.20. The molecule has 0 fully saturated rings. The molecular formula is C20H8N4O9. The molecule has 3 aromatic rings. The summed E-state index contributed by atoms with van der Waals surface area (Å²) < 4.78 is 4.60. The smallest absolute Gasteiger partial charge is 0.335 e. The van der Waals surface area contributed by atoms with Crippen molar-refractivity contribution in [2.45, 2.75) is 0 Å². The van der Waals surface area contributed by atoms with Gasteiger partial charge in [-0.3, -0.25) is 19.2 Å². The highest BCUT2D eigenvalue weighted by molar-refractivity contribution is 6.38. The Balaban J connectivity index is 1.57. The van der Waals surface area contributed by atoms with Gasteiger partial charge in [-0.1, -0.05) is 0 Å². The van der Waals surface area contributed by atoms with Gasteiger partial charge < -0.3 is 10.2 Å². The fraction of sp³-hybridized carbons (Fsp3) is 0. The molecule has 0 aliphatic carbocycles. The quantitative estimate of drug-likeness (QED) is 0.543. The molecule has 2 N–H and O–H groups in total. The van der Waals surface area contributed by atoms with E-state index >= 15 is 0 Å². The van der Waals surface area contributed by atoms with Crippen LogP contribution in [0.3, 0.4) is 0 Å². The highest BCUT2D eigenvalue weighted by Crippen LogP contribution is 2.37. The maximum atomic E-state index is 12.9. The molecular weight excluding hydrogens is 440 g/mol. The van der Waals surface area contributed by atoms with Crippen molar-refractivity contribution in [2.24, 2.45) is 0 Å². The Morgan fingerprint density at radius 1 is 0.636 bits per heavy atom. The number of hydrogen-bond acceptors (Lipinski definition) is 9. The first-order valence-corrected chi connectivity index (χ1v) is 9.05. The number of nitrogens with zero attached hydrogens (tertiary/aromatic N) is 4. The van der Waals surface area contributed by atoms with Gasteiger partial charge in [-0.15, -0.1) is 0 Å². The number of benzene rings is 2. The lowest BCUT2D eigenvalue weighted by Crippen LogP contribution is -2.35. The molecule has 0 saturated carbocycles. The van der Waals surface area contributed by atoms with Gasteiger partial charge >= 0.3 is 11.9 Å². The molecule has 33 heavy (non-hydrogen) atoms. The predicted molar refractivity (Wildman–Crippen MR) is 103 cm³/mol. The second-order valence-electron chi connectivity index (χ2n) is 6.93. The fourth-order valence-electron chi connectivity index (χ4n) is 3.59. The van der Waals surface area contributed by atoms with Crippen LogP contribution in [0.5, 0.6) is 0 Å². The Kier molecular flexibility index (Phi) is 3.98. The van der Waals surface area contributed by atoms with Crippen LogP contribution in [0, 0.1) is 0 Å². The minimum atomic E-state index is -1.31. The second-order valence-corrected chi connectivity index (χ2v) is 6.93. The third-order valence-corrected chi connectivity index (χ3v) is 5.15. The lowest BCUT2D eigenvalue weighted by Gasteiger charge is -2.15. The summed E-state index contributed by atoms with van der Waals surface area (Å²) in [6, 6.07) is 6.62. The van der Waals surface area contributed by atoms with Crippen LogP contribution in [0.25, 0.3) is 0 Å². The van der Waals surface area contributed by atoms with Crippen molar-refractivity contribution in [3.8, 4) is 0 Å². The summed E-state index contributed by atoms with van der Waals surface area (Å²) >= 11 is 0. The number of amides is 4. The van der Waals surface area contributed by atoms with Crippen molar-refractivity contribution in [1.29, 1.82) is 0 Å². The second kappa shape index (κ2) is 6.65. The topological polar surface area (TPSA) is 188 Å². The van der Waals surface area contributed by atoms with Crippen LogP contribution in [-0.2, 0) is 0 Å². The zero-order valence-corrected chi connectivity index (χ0v) is 16.0. The Morgan fingerprint density at radius 3 is 1.36 bits per heavy atom. The van der Waals surface area contributed by atoms with E-state index in [1.54, 1.807) is 0 Å². The van der Waals surface area contributed by atoms with Crippen molar-refractivity contribution in [3.63, 3.8) is 0 Å². The van der Waals surface area contributed by atoms with Crippen molar-refractivity contribution >= 4 is 47.2 Å². The van der Waals surface area contributed by atoms with E-state index < -0.39 is 47.2 Å². The van der Waals surface area contributed by atoms with Crippen LogP contribution in [0.2, 0.25) is 0 Å².